The van der Waals surface area contributed by atoms with Crippen molar-refractivity contribution in [3.05, 3.63) is 27.6 Å². The Bertz CT molecular complexity index is 220. The van der Waals surface area contributed by atoms with Gasteiger partial charge in [-0.1, -0.05) is 13.8 Å². The Morgan fingerprint density at radius 3 is 2.60 bits per heavy atom. The fourth-order valence-corrected chi connectivity index (χ4v) is 1.82. The van der Waals surface area contributed by atoms with Gasteiger partial charge in [-0.15, -0.1) is 0 Å². The molecular weight excluding hydrogens is 237 g/mol. The van der Waals surface area contributed by atoms with Crippen LogP contribution >= 0.6 is 22.6 Å². The van der Waals surface area contributed by atoms with Gasteiger partial charge in [-0.2, -0.15) is 0 Å². The minimum absolute atomic E-state index is 0.606. The minimum Gasteiger partial charge on any atom is -0.264 e. The molecule has 1 heterocycles. The molecule has 1 aromatic rings. The van der Waals surface area contributed by atoms with Gasteiger partial charge in [-0.3, -0.25) is 4.98 Å². The second kappa shape index (κ2) is 3.32. The van der Waals surface area contributed by atoms with Crippen LogP contribution in [0.1, 0.15) is 25.3 Å². The van der Waals surface area contributed by atoms with E-state index in [4.69, 9.17) is 0 Å². The van der Waals surface area contributed by atoms with Crippen LogP contribution in [0.4, 0.5) is 0 Å². The molecule has 1 nitrogen and oxygen atoms in total. The van der Waals surface area contributed by atoms with Gasteiger partial charge in [-0.05, 0) is 40.1 Å². The summed E-state index contributed by atoms with van der Waals surface area (Å²) < 4.78 is 1.26. The SMILES string of the molecule is CC(C)c1ccncc1I. The Balaban J connectivity index is 3.03. The number of pyridine rings is 1. The lowest BCUT2D eigenvalue weighted by Crippen LogP contribution is -1.91. The molecule has 0 aliphatic heterocycles. The molecule has 1 rings (SSSR count). The summed E-state index contributed by atoms with van der Waals surface area (Å²) in [5.41, 5.74) is 1.38. The van der Waals surface area contributed by atoms with Crippen LogP contribution in [0.25, 0.3) is 0 Å². The molecule has 0 saturated carbocycles. The average molecular weight is 247 g/mol. The van der Waals surface area contributed by atoms with Crippen LogP contribution in [0.15, 0.2) is 18.5 Å². The molecule has 0 bridgehead atoms. The minimum atomic E-state index is 0.606. The Labute approximate surface area is 75.0 Å². The summed E-state index contributed by atoms with van der Waals surface area (Å²) in [4.78, 5) is 4.02. The molecule has 0 spiro atoms. The van der Waals surface area contributed by atoms with Crippen LogP contribution < -0.4 is 0 Å². The van der Waals surface area contributed by atoms with E-state index in [2.05, 4.69) is 47.5 Å². The first-order valence-electron chi connectivity index (χ1n) is 3.31. The number of nitrogens with zero attached hydrogens (tertiary/aromatic N) is 1. The second-order valence-corrected chi connectivity index (χ2v) is 3.71. The van der Waals surface area contributed by atoms with Gasteiger partial charge >= 0.3 is 0 Å². The predicted octanol–water partition coefficient (Wildman–Crippen LogP) is 2.81. The van der Waals surface area contributed by atoms with Crippen molar-refractivity contribution in [2.45, 2.75) is 19.8 Å². The predicted molar refractivity (Wildman–Crippen MR) is 51.0 cm³/mol. The lowest BCUT2D eigenvalue weighted by molar-refractivity contribution is 0.856. The third kappa shape index (κ3) is 1.68. The van der Waals surface area contributed by atoms with Gasteiger partial charge in [0.05, 0.1) is 0 Å². The summed E-state index contributed by atoms with van der Waals surface area (Å²) in [5.74, 6) is 0.606. The van der Waals surface area contributed by atoms with Crippen molar-refractivity contribution in [3.63, 3.8) is 0 Å². The number of halogens is 1. The summed E-state index contributed by atoms with van der Waals surface area (Å²) in [7, 11) is 0. The zero-order valence-corrected chi connectivity index (χ0v) is 8.29. The lowest BCUT2D eigenvalue weighted by Gasteiger charge is -2.05. The van der Waals surface area contributed by atoms with Crippen molar-refractivity contribution in [1.29, 1.82) is 0 Å². The van der Waals surface area contributed by atoms with E-state index in [1.54, 1.807) is 0 Å². The third-order valence-electron chi connectivity index (χ3n) is 1.43. The maximum Gasteiger partial charge on any atom is 0.0404 e. The van der Waals surface area contributed by atoms with Crippen LogP contribution in [-0.4, -0.2) is 4.98 Å². The molecule has 10 heavy (non-hydrogen) atoms. The maximum atomic E-state index is 4.02. The average Bonchev–Trinajstić information content (AvgIpc) is 1.88. The lowest BCUT2D eigenvalue weighted by atomic mass is 10.1. The van der Waals surface area contributed by atoms with Gasteiger partial charge in [0.15, 0.2) is 0 Å². The van der Waals surface area contributed by atoms with Crippen LogP contribution in [0.3, 0.4) is 0 Å². The van der Waals surface area contributed by atoms with Gasteiger partial charge in [0.25, 0.3) is 0 Å². The van der Waals surface area contributed by atoms with Crippen molar-refractivity contribution in [2.24, 2.45) is 0 Å². The fourth-order valence-electron chi connectivity index (χ4n) is 0.854. The molecule has 0 unspecified atom stereocenters. The van der Waals surface area contributed by atoms with Gasteiger partial charge < -0.3 is 0 Å². The van der Waals surface area contributed by atoms with E-state index in [0.29, 0.717) is 5.92 Å². The van der Waals surface area contributed by atoms with E-state index >= 15 is 0 Å². The highest BCUT2D eigenvalue weighted by Gasteiger charge is 2.01. The fraction of sp³-hybridized carbons (Fsp3) is 0.375. The van der Waals surface area contributed by atoms with Crippen molar-refractivity contribution in [1.82, 2.24) is 4.98 Å². The molecular formula is C8H10IN. The number of hydrogen-bond acceptors (Lipinski definition) is 1. The van der Waals surface area contributed by atoms with Crippen LogP contribution in [-0.2, 0) is 0 Å². The van der Waals surface area contributed by atoms with Gasteiger partial charge in [0.2, 0.25) is 0 Å². The van der Waals surface area contributed by atoms with Crippen LogP contribution in [0, 0.1) is 3.57 Å². The molecule has 0 amide bonds. The molecule has 0 N–H and O–H groups in total. The number of hydrogen-bond donors (Lipinski definition) is 0. The quantitative estimate of drug-likeness (QED) is 0.695. The van der Waals surface area contributed by atoms with E-state index in [0.717, 1.165) is 0 Å². The first kappa shape index (κ1) is 7.98. The Morgan fingerprint density at radius 2 is 2.20 bits per heavy atom. The summed E-state index contributed by atoms with van der Waals surface area (Å²) in [6, 6.07) is 2.08. The Hall–Kier alpha value is -0.120. The Kier molecular flexibility index (Phi) is 2.65. The van der Waals surface area contributed by atoms with Crippen molar-refractivity contribution >= 4 is 22.6 Å². The molecule has 0 radical (unpaired) electrons. The molecule has 0 aromatic carbocycles. The molecule has 0 aliphatic carbocycles. The van der Waals surface area contributed by atoms with E-state index in [9.17, 15) is 0 Å². The van der Waals surface area contributed by atoms with Crippen molar-refractivity contribution in [3.8, 4) is 0 Å². The van der Waals surface area contributed by atoms with Crippen molar-refractivity contribution in [2.75, 3.05) is 0 Å². The Morgan fingerprint density at radius 1 is 1.50 bits per heavy atom. The molecule has 0 aliphatic rings. The smallest absolute Gasteiger partial charge is 0.0404 e. The maximum absolute atomic E-state index is 4.02. The largest absolute Gasteiger partial charge is 0.264 e. The molecule has 1 aromatic heterocycles. The van der Waals surface area contributed by atoms with E-state index in [-0.39, 0.29) is 0 Å². The van der Waals surface area contributed by atoms with Gasteiger partial charge in [-0.25, -0.2) is 0 Å². The zero-order valence-electron chi connectivity index (χ0n) is 6.13. The zero-order chi connectivity index (χ0) is 7.56. The van der Waals surface area contributed by atoms with Gasteiger partial charge in [0, 0.05) is 16.0 Å². The number of aromatic nitrogens is 1. The molecule has 0 atom stereocenters. The van der Waals surface area contributed by atoms with E-state index < -0.39 is 0 Å². The van der Waals surface area contributed by atoms with Gasteiger partial charge in [0.1, 0.15) is 0 Å². The molecule has 2 heteroatoms. The normalized spacial score (nSPS) is 10.4. The standard InChI is InChI=1S/C8H10IN/c1-6(2)7-3-4-10-5-8(7)9/h3-6H,1-2H3. The first-order valence-corrected chi connectivity index (χ1v) is 4.39. The van der Waals surface area contributed by atoms with Crippen molar-refractivity contribution < 1.29 is 0 Å². The van der Waals surface area contributed by atoms with E-state index in [1.165, 1.54) is 9.13 Å². The first-order chi connectivity index (χ1) is 4.72. The number of rotatable bonds is 1. The summed E-state index contributed by atoms with van der Waals surface area (Å²) in [6.07, 6.45) is 3.74. The molecule has 54 valence electrons. The summed E-state index contributed by atoms with van der Waals surface area (Å²) in [6.45, 7) is 4.38. The van der Waals surface area contributed by atoms with Crippen LogP contribution in [0.5, 0.6) is 0 Å². The summed E-state index contributed by atoms with van der Waals surface area (Å²) in [5, 5.41) is 0. The highest BCUT2D eigenvalue weighted by molar-refractivity contribution is 14.1. The molecule has 0 saturated heterocycles. The van der Waals surface area contributed by atoms with E-state index in [1.807, 2.05) is 12.4 Å². The topological polar surface area (TPSA) is 12.9 Å². The highest BCUT2D eigenvalue weighted by Crippen LogP contribution is 2.18. The molecule has 0 fully saturated rings. The highest BCUT2D eigenvalue weighted by atomic mass is 127. The summed E-state index contributed by atoms with van der Waals surface area (Å²) >= 11 is 2.31. The monoisotopic (exact) mass is 247 g/mol. The van der Waals surface area contributed by atoms with Crippen LogP contribution in [0.2, 0.25) is 0 Å². The second-order valence-electron chi connectivity index (χ2n) is 2.55. The third-order valence-corrected chi connectivity index (χ3v) is 2.33.